The molecule has 0 heterocycles. The predicted molar refractivity (Wildman–Crippen MR) is 48.7 cm³/mol. The minimum absolute atomic E-state index is 0.882. The van der Waals surface area contributed by atoms with Gasteiger partial charge >= 0.3 is 15.0 Å². The Bertz CT molecular complexity index is 410. The third kappa shape index (κ3) is 1.34. The topological polar surface area (TPSA) is 97.5 Å². The molecule has 1 rings (SSSR count). The van der Waals surface area contributed by atoms with E-state index in [1.165, 1.54) is 25.2 Å². The summed E-state index contributed by atoms with van der Waals surface area (Å²) in [6.07, 6.45) is 4.97. The molecule has 0 fully saturated rings. The molecule has 1 aliphatic carbocycles. The van der Waals surface area contributed by atoms with Crippen molar-refractivity contribution in [1.82, 2.24) is 0 Å². The molecule has 0 aliphatic heterocycles. The van der Waals surface area contributed by atoms with Crippen molar-refractivity contribution < 1.29 is 17.9 Å². The van der Waals surface area contributed by atoms with Gasteiger partial charge in [-0.05, 0) is 0 Å². The molecule has 0 saturated carbocycles. The van der Waals surface area contributed by atoms with Gasteiger partial charge in [-0.25, -0.2) is 0 Å². The zero-order chi connectivity index (χ0) is 11.0. The molecule has 0 amide bonds. The lowest BCUT2D eigenvalue weighted by molar-refractivity contribution is -0.534. The first-order valence-corrected chi connectivity index (χ1v) is 5.24. The van der Waals surface area contributed by atoms with Gasteiger partial charge in [0.15, 0.2) is 0 Å². The maximum Gasteiger partial charge on any atom is 0.367 e. The van der Waals surface area contributed by atoms with Gasteiger partial charge < -0.3 is 0 Å². The van der Waals surface area contributed by atoms with E-state index in [-0.39, 0.29) is 0 Å². The Labute approximate surface area is 80.8 Å². The smallest absolute Gasteiger partial charge is 0.280 e. The molecular formula is C7H9NO5S. The Morgan fingerprint density at radius 2 is 2.07 bits per heavy atom. The van der Waals surface area contributed by atoms with Crippen molar-refractivity contribution in [2.45, 2.75) is 11.8 Å². The second-order valence-electron chi connectivity index (χ2n) is 3.02. The highest BCUT2D eigenvalue weighted by Crippen LogP contribution is 2.32. The lowest BCUT2D eigenvalue weighted by Crippen LogP contribution is -2.49. The maximum atomic E-state index is 11.0. The first-order chi connectivity index (χ1) is 6.32. The van der Waals surface area contributed by atoms with Gasteiger partial charge in [0.25, 0.3) is 0 Å². The minimum atomic E-state index is -4.77. The molecule has 0 radical (unpaired) electrons. The summed E-state index contributed by atoms with van der Waals surface area (Å²) in [5.41, 5.74) is 0. The van der Waals surface area contributed by atoms with Crippen LogP contribution in [0.4, 0.5) is 0 Å². The molecule has 0 spiro atoms. The van der Waals surface area contributed by atoms with Crippen LogP contribution in [-0.4, -0.2) is 22.8 Å². The molecule has 0 saturated heterocycles. The molecule has 0 bridgehead atoms. The summed E-state index contributed by atoms with van der Waals surface area (Å²) in [5.74, 6) is -0.905. The van der Waals surface area contributed by atoms with Crippen LogP contribution in [0.2, 0.25) is 0 Å². The van der Waals surface area contributed by atoms with Crippen molar-refractivity contribution in [1.29, 1.82) is 0 Å². The van der Waals surface area contributed by atoms with E-state index in [4.69, 9.17) is 4.55 Å². The van der Waals surface area contributed by atoms with Gasteiger partial charge in [0, 0.05) is 11.0 Å². The largest absolute Gasteiger partial charge is 0.367 e. The van der Waals surface area contributed by atoms with E-state index < -0.39 is 25.8 Å². The fourth-order valence-electron chi connectivity index (χ4n) is 1.36. The van der Waals surface area contributed by atoms with E-state index in [0.717, 1.165) is 6.08 Å². The first-order valence-electron chi connectivity index (χ1n) is 3.80. The van der Waals surface area contributed by atoms with Crippen LogP contribution >= 0.6 is 0 Å². The van der Waals surface area contributed by atoms with Crippen LogP contribution in [0.25, 0.3) is 0 Å². The molecule has 14 heavy (non-hydrogen) atoms. The fraction of sp³-hybridized carbons (Fsp3) is 0.429. The van der Waals surface area contributed by atoms with Crippen LogP contribution in [0.15, 0.2) is 24.3 Å². The van der Waals surface area contributed by atoms with E-state index in [1.54, 1.807) is 0 Å². The molecule has 7 heteroatoms. The second-order valence-corrected chi connectivity index (χ2v) is 4.62. The monoisotopic (exact) mass is 219 g/mol. The Morgan fingerprint density at radius 1 is 1.50 bits per heavy atom. The van der Waals surface area contributed by atoms with Crippen LogP contribution in [0, 0.1) is 16.0 Å². The van der Waals surface area contributed by atoms with E-state index >= 15 is 0 Å². The summed E-state index contributed by atoms with van der Waals surface area (Å²) in [5, 5.41) is 10.7. The van der Waals surface area contributed by atoms with Gasteiger partial charge in [0.05, 0.1) is 5.92 Å². The summed E-state index contributed by atoms with van der Waals surface area (Å²) in [6, 6.07) is 0. The highest BCUT2D eigenvalue weighted by atomic mass is 32.2. The Hall–Kier alpha value is -1.21. The van der Waals surface area contributed by atoms with Crippen LogP contribution in [0.5, 0.6) is 0 Å². The van der Waals surface area contributed by atoms with Gasteiger partial charge in [-0.3, -0.25) is 14.7 Å². The Balaban J connectivity index is 3.40. The van der Waals surface area contributed by atoms with Crippen molar-refractivity contribution in [3.63, 3.8) is 0 Å². The van der Waals surface area contributed by atoms with E-state index in [1.807, 2.05) is 0 Å². The van der Waals surface area contributed by atoms with Crippen molar-refractivity contribution in [2.24, 2.45) is 5.92 Å². The van der Waals surface area contributed by atoms with E-state index in [2.05, 4.69) is 0 Å². The van der Waals surface area contributed by atoms with Crippen molar-refractivity contribution in [2.75, 3.05) is 0 Å². The van der Waals surface area contributed by atoms with Crippen molar-refractivity contribution >= 4 is 10.1 Å². The Morgan fingerprint density at radius 3 is 2.36 bits per heavy atom. The van der Waals surface area contributed by atoms with Crippen LogP contribution in [0.1, 0.15) is 6.92 Å². The second kappa shape index (κ2) is 3.18. The summed E-state index contributed by atoms with van der Waals surface area (Å²) in [6.45, 7) is 1.36. The first kappa shape index (κ1) is 10.9. The average molecular weight is 219 g/mol. The number of hydrogen-bond acceptors (Lipinski definition) is 4. The summed E-state index contributed by atoms with van der Waals surface area (Å²) >= 11 is 0. The molecule has 2 unspecified atom stereocenters. The van der Waals surface area contributed by atoms with Crippen molar-refractivity contribution in [3.05, 3.63) is 34.4 Å². The van der Waals surface area contributed by atoms with Crippen LogP contribution < -0.4 is 0 Å². The summed E-state index contributed by atoms with van der Waals surface area (Å²) in [4.78, 5) is 7.28. The van der Waals surface area contributed by atoms with Gasteiger partial charge in [-0.1, -0.05) is 25.2 Å². The Kier molecular flexibility index (Phi) is 2.47. The third-order valence-corrected chi connectivity index (χ3v) is 3.68. The molecule has 1 aliphatic rings. The van der Waals surface area contributed by atoms with Gasteiger partial charge in [-0.2, -0.15) is 8.42 Å². The molecule has 2 atom stereocenters. The molecule has 1 N–H and O–H groups in total. The van der Waals surface area contributed by atoms with Gasteiger partial charge in [0.1, 0.15) is 0 Å². The molecule has 6 nitrogen and oxygen atoms in total. The molecular weight excluding hydrogens is 210 g/mol. The maximum absolute atomic E-state index is 11.0. The molecule has 0 aromatic carbocycles. The SMILES string of the molecule is CC1C=CC=CC1([N+](=O)[O-])S(=O)(=O)O. The molecule has 78 valence electrons. The lowest BCUT2D eigenvalue weighted by Gasteiger charge is -2.24. The number of rotatable bonds is 2. The van der Waals surface area contributed by atoms with E-state index in [9.17, 15) is 18.5 Å². The highest BCUT2D eigenvalue weighted by molar-refractivity contribution is 7.87. The van der Waals surface area contributed by atoms with Crippen molar-refractivity contribution in [3.8, 4) is 0 Å². The zero-order valence-corrected chi connectivity index (χ0v) is 8.14. The van der Waals surface area contributed by atoms with E-state index in [0.29, 0.717) is 0 Å². The van der Waals surface area contributed by atoms with Gasteiger partial charge in [-0.15, -0.1) is 0 Å². The average Bonchev–Trinajstić information content (AvgIpc) is 2.02. The number of allylic oxidation sites excluding steroid dienone is 2. The highest BCUT2D eigenvalue weighted by Gasteiger charge is 2.57. The standard InChI is InChI=1S/C7H9NO5S/c1-6-4-2-3-5-7(6,8(9)10)14(11,12)13/h2-6H,1H3,(H,11,12,13). The molecule has 0 aromatic rings. The predicted octanol–water partition coefficient (Wildman–Crippen LogP) is 0.609. The van der Waals surface area contributed by atoms with Crippen LogP contribution in [0.3, 0.4) is 0 Å². The normalized spacial score (nSPS) is 31.7. The third-order valence-electron chi connectivity index (χ3n) is 2.20. The van der Waals surface area contributed by atoms with Gasteiger partial charge in [0.2, 0.25) is 0 Å². The fourth-order valence-corrected chi connectivity index (χ4v) is 2.34. The number of nitro groups is 1. The zero-order valence-electron chi connectivity index (χ0n) is 7.32. The lowest BCUT2D eigenvalue weighted by atomic mass is 9.97. The summed E-state index contributed by atoms with van der Waals surface area (Å²) < 4.78 is 30.9. The summed E-state index contributed by atoms with van der Waals surface area (Å²) in [7, 11) is -4.77. The molecule has 0 aromatic heterocycles. The van der Waals surface area contributed by atoms with Crippen LogP contribution in [-0.2, 0) is 10.1 Å². The number of nitrogens with zero attached hydrogens (tertiary/aromatic N) is 1. The number of hydrogen-bond donors (Lipinski definition) is 1. The minimum Gasteiger partial charge on any atom is -0.280 e. The quantitative estimate of drug-likeness (QED) is 0.417.